The highest BCUT2D eigenvalue weighted by molar-refractivity contribution is 8.00. The van der Waals surface area contributed by atoms with E-state index < -0.39 is 0 Å². The van der Waals surface area contributed by atoms with Crippen molar-refractivity contribution in [1.82, 2.24) is 9.55 Å². The summed E-state index contributed by atoms with van der Waals surface area (Å²) in [7, 11) is 0. The lowest BCUT2D eigenvalue weighted by atomic mass is 10.3. The molecule has 0 amide bonds. The Morgan fingerprint density at radius 3 is 2.92 bits per heavy atom. The lowest BCUT2D eigenvalue weighted by Crippen LogP contribution is -1.93. The molecule has 0 radical (unpaired) electrons. The van der Waals surface area contributed by atoms with Gasteiger partial charge in [-0.05, 0) is 49.5 Å². The number of benzene rings is 2. The first-order valence-electron chi connectivity index (χ1n) is 7.49. The third-order valence-corrected chi connectivity index (χ3v) is 7.11. The third kappa shape index (κ3) is 3.09. The smallest absolute Gasteiger partial charge is 0.162 e. The molecule has 0 atom stereocenters. The maximum atomic E-state index is 5.56. The lowest BCUT2D eigenvalue weighted by molar-refractivity contribution is 0.341. The summed E-state index contributed by atoms with van der Waals surface area (Å²) in [5.74, 6) is 1.68. The molecule has 0 aliphatic heterocycles. The zero-order valence-corrected chi connectivity index (χ0v) is 16.2. The number of fused-ring (bicyclic) bond motifs is 2. The van der Waals surface area contributed by atoms with E-state index in [4.69, 9.17) is 21.9 Å². The van der Waals surface area contributed by atoms with Crippen LogP contribution in [-0.2, 0) is 5.88 Å². The van der Waals surface area contributed by atoms with Crippen molar-refractivity contribution in [2.45, 2.75) is 17.1 Å². The van der Waals surface area contributed by atoms with Crippen LogP contribution in [0.1, 0.15) is 6.92 Å². The van der Waals surface area contributed by atoms with Crippen LogP contribution in [0, 0.1) is 3.95 Å². The predicted octanol–water partition coefficient (Wildman–Crippen LogP) is 6.19. The van der Waals surface area contributed by atoms with Gasteiger partial charge in [0.15, 0.2) is 8.29 Å². The number of thioether (sulfide) groups is 1. The minimum absolute atomic E-state index is 0.676. The molecule has 0 unspecified atom stereocenters. The third-order valence-electron chi connectivity index (χ3n) is 3.54. The summed E-state index contributed by atoms with van der Waals surface area (Å²) in [5, 5.41) is 0. The second-order valence-corrected chi connectivity index (χ2v) is 8.98. The van der Waals surface area contributed by atoms with E-state index in [0.29, 0.717) is 6.61 Å². The molecule has 0 bridgehead atoms. The van der Waals surface area contributed by atoms with Gasteiger partial charge in [0, 0.05) is 0 Å². The van der Waals surface area contributed by atoms with E-state index >= 15 is 0 Å². The van der Waals surface area contributed by atoms with Crippen LogP contribution in [0.25, 0.3) is 20.4 Å². The number of nitrogens with zero attached hydrogens (tertiary/aromatic N) is 2. The number of hydrogen-bond acceptors (Lipinski definition) is 6. The summed E-state index contributed by atoms with van der Waals surface area (Å²) in [6.45, 7) is 2.67. The van der Waals surface area contributed by atoms with Crippen molar-refractivity contribution in [3.8, 4) is 5.75 Å². The summed E-state index contributed by atoms with van der Waals surface area (Å²) >= 11 is 10.6. The van der Waals surface area contributed by atoms with Gasteiger partial charge in [0.05, 0.1) is 32.9 Å². The van der Waals surface area contributed by atoms with Gasteiger partial charge in [0.1, 0.15) is 5.75 Å². The van der Waals surface area contributed by atoms with Crippen LogP contribution in [0.15, 0.2) is 46.8 Å². The van der Waals surface area contributed by atoms with Crippen molar-refractivity contribution in [1.29, 1.82) is 0 Å². The summed E-state index contributed by atoms with van der Waals surface area (Å²) in [4.78, 5) is 4.71. The number of aromatic nitrogens is 2. The molecule has 0 saturated heterocycles. The van der Waals surface area contributed by atoms with Crippen molar-refractivity contribution >= 4 is 67.1 Å². The van der Waals surface area contributed by atoms with Gasteiger partial charge in [-0.1, -0.05) is 23.9 Å². The Bertz CT molecular complexity index is 1060. The van der Waals surface area contributed by atoms with Crippen LogP contribution in [-0.4, -0.2) is 16.2 Å². The van der Waals surface area contributed by atoms with E-state index in [9.17, 15) is 0 Å². The molecule has 0 N–H and O–H groups in total. The van der Waals surface area contributed by atoms with E-state index in [1.165, 1.54) is 10.2 Å². The van der Waals surface area contributed by atoms with Gasteiger partial charge >= 0.3 is 0 Å². The molecule has 0 saturated carbocycles. The molecule has 2 aromatic carbocycles. The SMILES string of the molecule is CCOc1ccc2nc(SCn3c(=S)sc4ccccc43)sc2c1. The van der Waals surface area contributed by atoms with Crippen LogP contribution in [0.5, 0.6) is 5.75 Å². The Morgan fingerprint density at radius 2 is 2.04 bits per heavy atom. The van der Waals surface area contributed by atoms with Crippen LogP contribution >= 0.6 is 46.7 Å². The predicted molar refractivity (Wildman–Crippen MR) is 107 cm³/mol. The van der Waals surface area contributed by atoms with Crippen molar-refractivity contribution in [2.75, 3.05) is 6.61 Å². The van der Waals surface area contributed by atoms with Gasteiger partial charge in [-0.3, -0.25) is 0 Å². The van der Waals surface area contributed by atoms with Crippen LogP contribution in [0.3, 0.4) is 0 Å². The molecular weight excluding hydrogens is 376 g/mol. The van der Waals surface area contributed by atoms with E-state index in [-0.39, 0.29) is 0 Å². The molecule has 24 heavy (non-hydrogen) atoms. The van der Waals surface area contributed by atoms with Crippen LogP contribution < -0.4 is 4.74 Å². The first kappa shape index (κ1) is 16.1. The Hall–Kier alpha value is -1.41. The van der Waals surface area contributed by atoms with Gasteiger partial charge in [0.25, 0.3) is 0 Å². The quantitative estimate of drug-likeness (QED) is 0.300. The average Bonchev–Trinajstić information content (AvgIpc) is 3.12. The molecule has 2 heterocycles. The summed E-state index contributed by atoms with van der Waals surface area (Å²) in [5.41, 5.74) is 2.21. The second kappa shape index (κ2) is 6.84. The highest BCUT2D eigenvalue weighted by Crippen LogP contribution is 2.34. The Kier molecular flexibility index (Phi) is 4.58. The largest absolute Gasteiger partial charge is 0.494 e. The van der Waals surface area contributed by atoms with E-state index in [1.54, 1.807) is 34.4 Å². The van der Waals surface area contributed by atoms with Crippen LogP contribution in [0.4, 0.5) is 0 Å². The van der Waals surface area contributed by atoms with Crippen LogP contribution in [0.2, 0.25) is 0 Å². The first-order valence-corrected chi connectivity index (χ1v) is 10.5. The van der Waals surface area contributed by atoms with Crippen molar-refractivity contribution in [3.05, 3.63) is 46.4 Å². The number of para-hydroxylation sites is 1. The van der Waals surface area contributed by atoms with E-state index in [1.807, 2.05) is 19.1 Å². The molecule has 0 fully saturated rings. The molecular formula is C17H14N2OS4. The highest BCUT2D eigenvalue weighted by atomic mass is 32.2. The molecule has 7 heteroatoms. The second-order valence-electron chi connectivity index (χ2n) is 5.08. The maximum absolute atomic E-state index is 5.56. The van der Waals surface area contributed by atoms with E-state index in [0.717, 1.165) is 30.1 Å². The van der Waals surface area contributed by atoms with Crippen molar-refractivity contribution in [3.63, 3.8) is 0 Å². The van der Waals surface area contributed by atoms with Gasteiger partial charge in [0.2, 0.25) is 0 Å². The van der Waals surface area contributed by atoms with Gasteiger partial charge in [-0.2, -0.15) is 0 Å². The zero-order valence-electron chi connectivity index (χ0n) is 12.9. The zero-order chi connectivity index (χ0) is 16.5. The summed E-state index contributed by atoms with van der Waals surface area (Å²) in [6, 6.07) is 14.4. The van der Waals surface area contributed by atoms with Gasteiger partial charge in [-0.15, -0.1) is 22.7 Å². The Balaban J connectivity index is 1.60. The maximum Gasteiger partial charge on any atom is 0.162 e. The Morgan fingerprint density at radius 1 is 1.17 bits per heavy atom. The number of rotatable bonds is 5. The monoisotopic (exact) mass is 390 g/mol. The Labute approximate surface area is 156 Å². The van der Waals surface area contributed by atoms with Crippen molar-refractivity contribution < 1.29 is 4.74 Å². The summed E-state index contributed by atoms with van der Waals surface area (Å²) < 4.78 is 12.1. The molecule has 2 aromatic heterocycles. The minimum Gasteiger partial charge on any atom is -0.494 e. The normalized spacial score (nSPS) is 11.4. The fraction of sp³-hybridized carbons (Fsp3) is 0.176. The fourth-order valence-electron chi connectivity index (χ4n) is 2.46. The number of hydrogen-bond donors (Lipinski definition) is 0. The molecule has 0 aliphatic carbocycles. The standard InChI is InChI=1S/C17H14N2OS4/c1-2-20-11-7-8-12-15(9-11)23-16(18-12)22-10-19-13-5-3-4-6-14(13)24-17(19)21/h3-9H,2,10H2,1H3. The molecule has 3 nitrogen and oxygen atoms in total. The topological polar surface area (TPSA) is 27.1 Å². The fourth-order valence-corrected chi connectivity index (χ4v) is 6.00. The minimum atomic E-state index is 0.676. The highest BCUT2D eigenvalue weighted by Gasteiger charge is 2.09. The molecule has 0 aliphatic rings. The lowest BCUT2D eigenvalue weighted by Gasteiger charge is -2.02. The number of thiazole rings is 2. The molecule has 4 aromatic rings. The summed E-state index contributed by atoms with van der Waals surface area (Å²) in [6.07, 6.45) is 0. The first-order chi connectivity index (χ1) is 11.7. The van der Waals surface area contributed by atoms with E-state index in [2.05, 4.69) is 34.9 Å². The van der Waals surface area contributed by atoms with Crippen molar-refractivity contribution in [2.24, 2.45) is 0 Å². The molecule has 122 valence electrons. The molecule has 4 rings (SSSR count). The van der Waals surface area contributed by atoms with Gasteiger partial charge < -0.3 is 9.30 Å². The number of ether oxygens (including phenoxy) is 1. The molecule has 0 spiro atoms. The average molecular weight is 391 g/mol. The van der Waals surface area contributed by atoms with Gasteiger partial charge in [-0.25, -0.2) is 4.98 Å².